The molecule has 0 spiro atoms. The number of nitrogens with zero attached hydrogens (tertiary/aromatic N) is 3. The SMILES string of the molecule is COc1ccc(CNC(=O)C2CCCN(Cc3nc(-c4ccc(C)cc4)no3)C2)cc1. The molecule has 1 fully saturated rings. The maximum absolute atomic E-state index is 12.7. The Morgan fingerprint density at radius 1 is 1.19 bits per heavy atom. The van der Waals surface area contributed by atoms with Crippen molar-refractivity contribution in [3.05, 3.63) is 65.5 Å². The molecule has 1 saturated heterocycles. The lowest BCUT2D eigenvalue weighted by Gasteiger charge is -2.30. The van der Waals surface area contributed by atoms with E-state index < -0.39 is 0 Å². The molecule has 0 saturated carbocycles. The predicted molar refractivity (Wildman–Crippen MR) is 117 cm³/mol. The Kier molecular flexibility index (Phi) is 6.62. The van der Waals surface area contributed by atoms with E-state index in [1.165, 1.54) is 5.56 Å². The van der Waals surface area contributed by atoms with Gasteiger partial charge >= 0.3 is 0 Å². The second-order valence-electron chi connectivity index (χ2n) is 8.02. The van der Waals surface area contributed by atoms with Crippen molar-refractivity contribution in [1.82, 2.24) is 20.4 Å². The standard InChI is InChI=1S/C24H28N4O3/c1-17-5-9-19(10-6-17)23-26-22(31-27-23)16-28-13-3-4-20(15-28)24(29)25-14-18-7-11-21(30-2)12-8-18/h5-12,20H,3-4,13-16H2,1-2H3,(H,25,29). The Balaban J connectivity index is 1.30. The Labute approximate surface area is 182 Å². The smallest absolute Gasteiger partial charge is 0.241 e. The molecular weight excluding hydrogens is 392 g/mol. The van der Waals surface area contributed by atoms with Crippen LogP contribution in [0.2, 0.25) is 0 Å². The summed E-state index contributed by atoms with van der Waals surface area (Å²) in [6.07, 6.45) is 1.86. The van der Waals surface area contributed by atoms with Gasteiger partial charge in [-0.1, -0.05) is 47.1 Å². The van der Waals surface area contributed by atoms with Crippen LogP contribution in [0.25, 0.3) is 11.4 Å². The number of hydrogen-bond donors (Lipinski definition) is 1. The maximum Gasteiger partial charge on any atom is 0.241 e. The van der Waals surface area contributed by atoms with E-state index in [1.54, 1.807) is 7.11 Å². The molecule has 0 aliphatic carbocycles. The van der Waals surface area contributed by atoms with E-state index in [0.717, 1.165) is 36.3 Å². The summed E-state index contributed by atoms with van der Waals surface area (Å²) in [6.45, 7) is 4.73. The molecule has 7 nitrogen and oxygen atoms in total. The number of benzene rings is 2. The molecule has 0 bridgehead atoms. The predicted octanol–water partition coefficient (Wildman–Crippen LogP) is 3.58. The molecular formula is C24H28N4O3. The van der Waals surface area contributed by atoms with E-state index in [1.807, 2.05) is 55.5 Å². The highest BCUT2D eigenvalue weighted by molar-refractivity contribution is 5.79. The van der Waals surface area contributed by atoms with Crippen LogP contribution in [-0.4, -0.2) is 41.1 Å². The van der Waals surface area contributed by atoms with Gasteiger partial charge in [-0.2, -0.15) is 4.98 Å². The highest BCUT2D eigenvalue weighted by atomic mass is 16.5. The van der Waals surface area contributed by atoms with Gasteiger partial charge in [0.1, 0.15) is 5.75 Å². The minimum atomic E-state index is -0.0357. The van der Waals surface area contributed by atoms with Crippen molar-refractivity contribution in [2.45, 2.75) is 32.9 Å². The van der Waals surface area contributed by atoms with Crippen LogP contribution in [-0.2, 0) is 17.9 Å². The number of likely N-dealkylation sites (tertiary alicyclic amines) is 1. The molecule has 1 atom stereocenters. The third-order valence-electron chi connectivity index (χ3n) is 5.64. The summed E-state index contributed by atoms with van der Waals surface area (Å²) >= 11 is 0. The van der Waals surface area contributed by atoms with E-state index >= 15 is 0 Å². The maximum atomic E-state index is 12.7. The summed E-state index contributed by atoms with van der Waals surface area (Å²) in [5.41, 5.74) is 3.18. The largest absolute Gasteiger partial charge is 0.497 e. The average Bonchev–Trinajstić information content (AvgIpc) is 3.27. The summed E-state index contributed by atoms with van der Waals surface area (Å²) < 4.78 is 10.6. The van der Waals surface area contributed by atoms with Crippen LogP contribution in [0.15, 0.2) is 53.1 Å². The van der Waals surface area contributed by atoms with Crippen LogP contribution in [0.4, 0.5) is 0 Å². The van der Waals surface area contributed by atoms with Crippen molar-refractivity contribution in [3.63, 3.8) is 0 Å². The minimum absolute atomic E-state index is 0.0357. The van der Waals surface area contributed by atoms with Crippen LogP contribution in [0.5, 0.6) is 5.75 Å². The number of amides is 1. The fraction of sp³-hybridized carbons (Fsp3) is 0.375. The molecule has 1 aliphatic rings. The molecule has 1 unspecified atom stereocenters. The van der Waals surface area contributed by atoms with Crippen LogP contribution >= 0.6 is 0 Å². The highest BCUT2D eigenvalue weighted by Crippen LogP contribution is 2.21. The number of nitrogens with one attached hydrogen (secondary N) is 1. The molecule has 1 aromatic heterocycles. The molecule has 7 heteroatoms. The number of hydrogen-bond acceptors (Lipinski definition) is 6. The zero-order valence-corrected chi connectivity index (χ0v) is 18.0. The van der Waals surface area contributed by atoms with Crippen molar-refractivity contribution >= 4 is 5.91 Å². The Bertz CT molecular complexity index is 998. The van der Waals surface area contributed by atoms with Gasteiger partial charge < -0.3 is 14.6 Å². The molecule has 162 valence electrons. The molecule has 1 aliphatic heterocycles. The monoisotopic (exact) mass is 420 g/mol. The van der Waals surface area contributed by atoms with Gasteiger partial charge in [0, 0.05) is 18.7 Å². The summed E-state index contributed by atoms with van der Waals surface area (Å²) in [4.78, 5) is 19.4. The Morgan fingerprint density at radius 3 is 2.71 bits per heavy atom. The van der Waals surface area contributed by atoms with Gasteiger partial charge in [-0.3, -0.25) is 9.69 Å². The first kappa shape index (κ1) is 21.1. The zero-order valence-electron chi connectivity index (χ0n) is 18.0. The summed E-state index contributed by atoms with van der Waals surface area (Å²) in [5, 5.41) is 7.17. The molecule has 2 aromatic carbocycles. The fourth-order valence-electron chi connectivity index (χ4n) is 3.82. The third kappa shape index (κ3) is 5.49. The van der Waals surface area contributed by atoms with E-state index in [2.05, 4.69) is 20.4 Å². The van der Waals surface area contributed by atoms with E-state index in [-0.39, 0.29) is 11.8 Å². The van der Waals surface area contributed by atoms with Crippen molar-refractivity contribution in [2.75, 3.05) is 20.2 Å². The van der Waals surface area contributed by atoms with Gasteiger partial charge in [0.2, 0.25) is 17.6 Å². The normalized spacial score (nSPS) is 16.8. The third-order valence-corrected chi connectivity index (χ3v) is 5.64. The van der Waals surface area contributed by atoms with Gasteiger partial charge in [-0.15, -0.1) is 0 Å². The number of methoxy groups -OCH3 is 1. The fourth-order valence-corrected chi connectivity index (χ4v) is 3.82. The van der Waals surface area contributed by atoms with Gasteiger partial charge in [-0.25, -0.2) is 0 Å². The molecule has 0 radical (unpaired) electrons. The van der Waals surface area contributed by atoms with Gasteiger partial charge in [0.15, 0.2) is 0 Å². The van der Waals surface area contributed by atoms with Crippen LogP contribution in [0.1, 0.15) is 29.9 Å². The average molecular weight is 421 g/mol. The van der Waals surface area contributed by atoms with Crippen LogP contribution < -0.4 is 10.1 Å². The number of piperidine rings is 1. The van der Waals surface area contributed by atoms with Gasteiger partial charge in [0.05, 0.1) is 19.6 Å². The first-order valence-corrected chi connectivity index (χ1v) is 10.6. The van der Waals surface area contributed by atoms with E-state index in [0.29, 0.717) is 31.3 Å². The Morgan fingerprint density at radius 2 is 1.97 bits per heavy atom. The topological polar surface area (TPSA) is 80.5 Å². The van der Waals surface area contributed by atoms with Crippen LogP contribution in [0.3, 0.4) is 0 Å². The van der Waals surface area contributed by atoms with Crippen LogP contribution in [0, 0.1) is 12.8 Å². The first-order chi connectivity index (χ1) is 15.1. The molecule has 31 heavy (non-hydrogen) atoms. The molecule has 3 aromatic rings. The summed E-state index contributed by atoms with van der Waals surface area (Å²) in [7, 11) is 1.64. The summed E-state index contributed by atoms with van der Waals surface area (Å²) in [5.74, 6) is 2.04. The van der Waals surface area contributed by atoms with E-state index in [4.69, 9.17) is 9.26 Å². The quantitative estimate of drug-likeness (QED) is 0.629. The second kappa shape index (κ2) is 9.75. The van der Waals surface area contributed by atoms with E-state index in [9.17, 15) is 4.79 Å². The summed E-state index contributed by atoms with van der Waals surface area (Å²) in [6, 6.07) is 15.8. The lowest BCUT2D eigenvalue weighted by molar-refractivity contribution is -0.127. The number of carbonyl (C=O) groups excluding carboxylic acids is 1. The lowest BCUT2D eigenvalue weighted by atomic mass is 9.97. The number of carbonyl (C=O) groups is 1. The number of ether oxygens (including phenoxy) is 1. The number of aryl methyl sites for hydroxylation is 1. The molecule has 4 rings (SSSR count). The van der Waals surface area contributed by atoms with Crippen molar-refractivity contribution in [3.8, 4) is 17.1 Å². The van der Waals surface area contributed by atoms with Gasteiger partial charge in [0.25, 0.3) is 0 Å². The van der Waals surface area contributed by atoms with Crippen molar-refractivity contribution in [1.29, 1.82) is 0 Å². The molecule has 1 N–H and O–H groups in total. The molecule has 2 heterocycles. The second-order valence-corrected chi connectivity index (χ2v) is 8.02. The lowest BCUT2D eigenvalue weighted by Crippen LogP contribution is -2.42. The minimum Gasteiger partial charge on any atom is -0.497 e. The number of rotatable bonds is 7. The van der Waals surface area contributed by atoms with Crippen molar-refractivity contribution in [2.24, 2.45) is 5.92 Å². The Hall–Kier alpha value is -3.19. The molecule has 1 amide bonds. The van der Waals surface area contributed by atoms with Crippen molar-refractivity contribution < 1.29 is 14.1 Å². The highest BCUT2D eigenvalue weighted by Gasteiger charge is 2.26. The number of aromatic nitrogens is 2. The first-order valence-electron chi connectivity index (χ1n) is 10.6. The van der Waals surface area contributed by atoms with Gasteiger partial charge in [-0.05, 0) is 44.0 Å². The zero-order chi connectivity index (χ0) is 21.6.